The third kappa shape index (κ3) is 5.18. The Morgan fingerprint density at radius 3 is 2.33 bits per heavy atom. The van der Waals surface area contributed by atoms with Crippen molar-refractivity contribution in [3.63, 3.8) is 0 Å². The first-order valence-corrected chi connectivity index (χ1v) is 15.2. The van der Waals surface area contributed by atoms with Crippen molar-refractivity contribution in [1.29, 1.82) is 0 Å². The van der Waals surface area contributed by atoms with Gasteiger partial charge in [-0.25, -0.2) is 9.67 Å². The van der Waals surface area contributed by atoms with Crippen LogP contribution in [0.15, 0.2) is 103 Å². The Balaban J connectivity index is 1.34. The van der Waals surface area contributed by atoms with Crippen LogP contribution in [0.5, 0.6) is 11.5 Å². The molecular weight excluding hydrogens is 552 g/mol. The van der Waals surface area contributed by atoms with Crippen LogP contribution in [0, 0.1) is 27.6 Å². The highest BCUT2D eigenvalue weighted by atomic mass is 16.5. The molecule has 45 heavy (non-hydrogen) atoms. The standard InChI is InChI=1S/C40H38N4O/c1-25-13-16-36-35(21-25)34-15-14-32(24-37(34)43(36)38-22-30(17-18-41-38)40(5,6)7)45-33-20-26(2)19-31(23-33)44-28(4)39(27(3)42-44)29-11-9-8-10-12-29/h8-24H,1-7H3/i1D3. The summed E-state index contributed by atoms with van der Waals surface area (Å²) >= 11 is 0. The number of fused-ring (bicyclic) bond motifs is 3. The Morgan fingerprint density at radius 1 is 0.733 bits per heavy atom. The molecule has 3 aromatic heterocycles. The SMILES string of the molecule is [2H]C([2H])([2H])c1ccc2c(c1)c1ccc(Oc3cc(C)cc(-n4nc(C)c(-c5ccccc5)c4C)c3)cc1n2-c1cc(C(C)(C)C)ccn1. The molecule has 0 saturated heterocycles. The van der Waals surface area contributed by atoms with E-state index in [1.165, 1.54) is 0 Å². The molecule has 0 amide bonds. The monoisotopic (exact) mass is 593 g/mol. The highest BCUT2D eigenvalue weighted by Crippen LogP contribution is 2.37. The van der Waals surface area contributed by atoms with Crippen LogP contribution < -0.4 is 4.74 Å². The Bertz CT molecular complexity index is 2330. The van der Waals surface area contributed by atoms with Gasteiger partial charge < -0.3 is 4.74 Å². The zero-order valence-electron chi connectivity index (χ0n) is 29.5. The molecule has 0 radical (unpaired) electrons. The number of hydrogen-bond acceptors (Lipinski definition) is 3. The van der Waals surface area contributed by atoms with E-state index in [1.54, 1.807) is 12.1 Å². The van der Waals surface area contributed by atoms with Crippen LogP contribution in [0.25, 0.3) is 44.4 Å². The third-order valence-electron chi connectivity index (χ3n) is 8.45. The second kappa shape index (κ2) is 10.8. The van der Waals surface area contributed by atoms with Crippen LogP contribution in [-0.2, 0) is 5.41 Å². The predicted molar refractivity (Wildman–Crippen MR) is 185 cm³/mol. The maximum absolute atomic E-state index is 8.04. The number of nitrogens with zero attached hydrogens (tertiary/aromatic N) is 4. The van der Waals surface area contributed by atoms with Gasteiger partial charge in [0.15, 0.2) is 0 Å². The Kier molecular flexibility index (Phi) is 6.03. The zero-order chi connectivity index (χ0) is 34.0. The van der Waals surface area contributed by atoms with Crippen molar-refractivity contribution in [3.8, 4) is 34.1 Å². The number of benzene rings is 4. The molecule has 0 bridgehead atoms. The highest BCUT2D eigenvalue weighted by molar-refractivity contribution is 6.09. The summed E-state index contributed by atoms with van der Waals surface area (Å²) in [6.07, 6.45) is 1.83. The van der Waals surface area contributed by atoms with Gasteiger partial charge in [0, 0.05) is 44.5 Å². The normalized spacial score (nSPS) is 13.2. The molecule has 0 N–H and O–H groups in total. The van der Waals surface area contributed by atoms with Crippen LogP contribution in [0.2, 0.25) is 0 Å². The molecule has 0 spiro atoms. The summed E-state index contributed by atoms with van der Waals surface area (Å²) in [5.41, 5.74) is 9.40. The summed E-state index contributed by atoms with van der Waals surface area (Å²) < 4.78 is 34.8. The van der Waals surface area contributed by atoms with Gasteiger partial charge in [-0.05, 0) is 98.3 Å². The van der Waals surface area contributed by atoms with E-state index < -0.39 is 6.85 Å². The molecule has 0 aliphatic rings. The molecule has 5 nitrogen and oxygen atoms in total. The molecule has 0 saturated carbocycles. The van der Waals surface area contributed by atoms with E-state index in [1.807, 2.05) is 78.5 Å². The van der Waals surface area contributed by atoms with Crippen LogP contribution in [0.1, 0.15) is 53.0 Å². The maximum Gasteiger partial charge on any atom is 0.137 e. The number of ether oxygens (including phenoxy) is 1. The molecule has 0 unspecified atom stereocenters. The summed E-state index contributed by atoms with van der Waals surface area (Å²) in [6.45, 7) is 10.5. The van der Waals surface area contributed by atoms with Gasteiger partial charge in [0.05, 0.1) is 22.4 Å². The van der Waals surface area contributed by atoms with Crippen molar-refractivity contribution < 1.29 is 8.85 Å². The first-order chi connectivity index (χ1) is 22.8. The van der Waals surface area contributed by atoms with Gasteiger partial charge in [0.25, 0.3) is 0 Å². The van der Waals surface area contributed by atoms with Gasteiger partial charge in [0.1, 0.15) is 17.3 Å². The van der Waals surface area contributed by atoms with Crippen molar-refractivity contribution in [1.82, 2.24) is 19.3 Å². The summed E-state index contributed by atoms with van der Waals surface area (Å²) in [7, 11) is 0. The van der Waals surface area contributed by atoms with Crippen molar-refractivity contribution in [3.05, 3.63) is 131 Å². The molecule has 3 heterocycles. The maximum atomic E-state index is 8.04. The van der Waals surface area contributed by atoms with Crippen molar-refractivity contribution >= 4 is 21.8 Å². The Morgan fingerprint density at radius 2 is 1.56 bits per heavy atom. The first kappa shape index (κ1) is 25.2. The third-order valence-corrected chi connectivity index (χ3v) is 8.45. The summed E-state index contributed by atoms with van der Waals surface area (Å²) in [5.74, 6) is 2.11. The molecule has 0 fully saturated rings. The fourth-order valence-electron chi connectivity index (χ4n) is 6.28. The fourth-order valence-corrected chi connectivity index (χ4v) is 6.28. The minimum atomic E-state index is -2.22. The van der Waals surface area contributed by atoms with Crippen LogP contribution >= 0.6 is 0 Å². The van der Waals surface area contributed by atoms with Crippen LogP contribution in [-0.4, -0.2) is 19.3 Å². The van der Waals surface area contributed by atoms with E-state index >= 15 is 0 Å². The molecule has 5 heteroatoms. The summed E-state index contributed by atoms with van der Waals surface area (Å²) in [6, 6.07) is 31.9. The van der Waals surface area contributed by atoms with E-state index in [2.05, 4.69) is 63.5 Å². The smallest absolute Gasteiger partial charge is 0.137 e. The number of aryl methyl sites for hydroxylation is 3. The summed E-state index contributed by atoms with van der Waals surface area (Å²) in [4.78, 5) is 4.78. The summed E-state index contributed by atoms with van der Waals surface area (Å²) in [5, 5.41) is 6.69. The molecule has 0 aliphatic heterocycles. The molecule has 224 valence electrons. The number of pyridine rings is 1. The topological polar surface area (TPSA) is 44.9 Å². The first-order valence-electron chi connectivity index (χ1n) is 16.7. The lowest BCUT2D eigenvalue weighted by Crippen LogP contribution is -2.12. The van der Waals surface area contributed by atoms with Gasteiger partial charge in [-0.15, -0.1) is 0 Å². The zero-order valence-corrected chi connectivity index (χ0v) is 26.5. The van der Waals surface area contributed by atoms with Gasteiger partial charge in [-0.3, -0.25) is 4.57 Å². The lowest BCUT2D eigenvalue weighted by Gasteiger charge is -2.20. The minimum Gasteiger partial charge on any atom is -0.457 e. The number of rotatable bonds is 5. The van der Waals surface area contributed by atoms with Crippen molar-refractivity contribution in [2.75, 3.05) is 0 Å². The predicted octanol–water partition coefficient (Wildman–Crippen LogP) is 10.4. The van der Waals surface area contributed by atoms with E-state index in [0.29, 0.717) is 17.1 Å². The lowest BCUT2D eigenvalue weighted by atomic mass is 9.88. The van der Waals surface area contributed by atoms with Gasteiger partial charge in [0.2, 0.25) is 0 Å². The Labute approximate surface area is 269 Å². The number of aromatic nitrogens is 4. The second-order valence-electron chi connectivity index (χ2n) is 12.8. The molecule has 0 atom stereocenters. The van der Waals surface area contributed by atoms with Gasteiger partial charge in [-0.1, -0.05) is 62.7 Å². The molecular formula is C40H38N4O. The van der Waals surface area contributed by atoms with E-state index in [9.17, 15) is 0 Å². The largest absolute Gasteiger partial charge is 0.457 e. The molecule has 0 aliphatic carbocycles. The minimum absolute atomic E-state index is 0.0741. The molecule has 7 rings (SSSR count). The lowest BCUT2D eigenvalue weighted by molar-refractivity contribution is 0.482. The highest BCUT2D eigenvalue weighted by Gasteiger charge is 2.19. The van der Waals surface area contributed by atoms with Crippen molar-refractivity contribution in [2.24, 2.45) is 0 Å². The van der Waals surface area contributed by atoms with Crippen LogP contribution in [0.4, 0.5) is 0 Å². The van der Waals surface area contributed by atoms with Crippen LogP contribution in [0.3, 0.4) is 0 Å². The molecule has 4 aromatic carbocycles. The fraction of sp³-hybridized carbons (Fsp3) is 0.200. The molecule has 7 aromatic rings. The van der Waals surface area contributed by atoms with Gasteiger partial charge >= 0.3 is 0 Å². The quantitative estimate of drug-likeness (QED) is 0.199. The van der Waals surface area contributed by atoms with E-state index in [4.69, 9.17) is 18.9 Å². The number of hydrogen-bond donors (Lipinski definition) is 0. The van der Waals surface area contributed by atoms with E-state index in [0.717, 1.165) is 67.0 Å². The second-order valence-corrected chi connectivity index (χ2v) is 12.8. The van der Waals surface area contributed by atoms with E-state index in [-0.39, 0.29) is 5.41 Å². The average molecular weight is 594 g/mol. The average Bonchev–Trinajstić information content (AvgIpc) is 3.52. The van der Waals surface area contributed by atoms with Gasteiger partial charge in [-0.2, -0.15) is 5.10 Å². The Hall–Kier alpha value is -5.16. The van der Waals surface area contributed by atoms with Crippen molar-refractivity contribution in [2.45, 2.75) is 53.8 Å².